The summed E-state index contributed by atoms with van der Waals surface area (Å²) in [6, 6.07) is 11.9. The predicted octanol–water partition coefficient (Wildman–Crippen LogP) is 2.29. The summed E-state index contributed by atoms with van der Waals surface area (Å²) >= 11 is 4.55. The van der Waals surface area contributed by atoms with Gasteiger partial charge in [-0.3, -0.25) is 4.68 Å². The van der Waals surface area contributed by atoms with Crippen molar-refractivity contribution in [1.29, 1.82) is 0 Å². The van der Waals surface area contributed by atoms with Crippen molar-refractivity contribution in [3.8, 4) is 0 Å². The van der Waals surface area contributed by atoms with Gasteiger partial charge in [0.2, 0.25) is 0 Å². The first kappa shape index (κ1) is 9.02. The van der Waals surface area contributed by atoms with E-state index in [0.717, 1.165) is 6.54 Å². The topological polar surface area (TPSA) is 30.2 Å². The van der Waals surface area contributed by atoms with Gasteiger partial charge >= 0.3 is 0 Å². The van der Waals surface area contributed by atoms with Crippen LogP contribution in [0.4, 0.5) is 5.82 Å². The molecule has 0 aliphatic heterocycles. The van der Waals surface area contributed by atoms with Crippen LogP contribution in [0.1, 0.15) is 5.56 Å². The SMILES string of the molecule is S=Nc1ccn(Cc2ccccc2)n1. The van der Waals surface area contributed by atoms with Crippen LogP contribution in [-0.4, -0.2) is 9.78 Å². The molecule has 2 aromatic rings. The third-order valence-corrected chi connectivity index (χ3v) is 2.09. The van der Waals surface area contributed by atoms with Gasteiger partial charge in [-0.1, -0.05) is 30.3 Å². The third-order valence-electron chi connectivity index (χ3n) is 1.91. The van der Waals surface area contributed by atoms with Gasteiger partial charge in [-0.2, -0.15) is 9.46 Å². The number of hydrogen-bond acceptors (Lipinski definition) is 3. The Labute approximate surface area is 87.6 Å². The van der Waals surface area contributed by atoms with Gasteiger partial charge in [0.05, 0.1) is 6.54 Å². The van der Waals surface area contributed by atoms with Crippen LogP contribution in [0.25, 0.3) is 0 Å². The molecule has 0 saturated carbocycles. The quantitative estimate of drug-likeness (QED) is 0.766. The summed E-state index contributed by atoms with van der Waals surface area (Å²) in [5.41, 5.74) is 1.21. The highest BCUT2D eigenvalue weighted by molar-refractivity contribution is 7.47. The number of benzene rings is 1. The number of hydrogen-bond donors (Lipinski definition) is 0. The Morgan fingerprint density at radius 3 is 2.64 bits per heavy atom. The molecule has 14 heavy (non-hydrogen) atoms. The second-order valence-electron chi connectivity index (χ2n) is 2.95. The summed E-state index contributed by atoms with van der Waals surface area (Å²) in [5.74, 6) is 0.593. The Hall–Kier alpha value is -1.55. The van der Waals surface area contributed by atoms with Crippen LogP contribution in [0.5, 0.6) is 0 Å². The maximum atomic E-state index is 4.55. The van der Waals surface area contributed by atoms with Crippen molar-refractivity contribution in [3.63, 3.8) is 0 Å². The van der Waals surface area contributed by atoms with Crippen molar-refractivity contribution >= 4 is 18.2 Å². The van der Waals surface area contributed by atoms with Gasteiger partial charge in [0, 0.05) is 24.7 Å². The number of nitrogens with zero attached hydrogens (tertiary/aromatic N) is 3. The molecule has 1 heterocycles. The summed E-state index contributed by atoms with van der Waals surface area (Å²) < 4.78 is 5.40. The van der Waals surface area contributed by atoms with Gasteiger partial charge in [0.1, 0.15) is 0 Å². The molecule has 0 bridgehead atoms. The van der Waals surface area contributed by atoms with Gasteiger partial charge in [-0.05, 0) is 5.56 Å². The smallest absolute Gasteiger partial charge is 0.187 e. The lowest BCUT2D eigenvalue weighted by atomic mass is 10.2. The molecule has 0 unspecified atom stereocenters. The minimum atomic E-state index is 0.593. The Kier molecular flexibility index (Phi) is 2.65. The van der Waals surface area contributed by atoms with Crippen LogP contribution in [-0.2, 0) is 19.0 Å². The van der Waals surface area contributed by atoms with Crippen LogP contribution in [0.15, 0.2) is 47.0 Å². The fraction of sp³-hybridized carbons (Fsp3) is 0.100. The summed E-state index contributed by atoms with van der Waals surface area (Å²) in [5, 5.41) is 4.17. The van der Waals surface area contributed by atoms with Gasteiger partial charge in [-0.25, -0.2) is 0 Å². The fourth-order valence-electron chi connectivity index (χ4n) is 1.26. The number of rotatable bonds is 3. The van der Waals surface area contributed by atoms with Gasteiger partial charge in [0.25, 0.3) is 0 Å². The van der Waals surface area contributed by atoms with Crippen molar-refractivity contribution < 1.29 is 0 Å². The second kappa shape index (κ2) is 4.11. The summed E-state index contributed by atoms with van der Waals surface area (Å²) in [6.45, 7) is 0.756. The average molecular weight is 203 g/mol. The van der Waals surface area contributed by atoms with E-state index >= 15 is 0 Å². The summed E-state index contributed by atoms with van der Waals surface area (Å²) in [6.07, 6.45) is 1.87. The van der Waals surface area contributed by atoms with Crippen molar-refractivity contribution in [2.75, 3.05) is 0 Å². The van der Waals surface area contributed by atoms with Gasteiger partial charge in [0.15, 0.2) is 5.82 Å². The standard InChI is InChI=1S/C10H9N3S/c14-12-10-6-7-13(11-10)8-9-4-2-1-3-5-9/h1-7H,8H2. The van der Waals surface area contributed by atoms with E-state index < -0.39 is 0 Å². The molecule has 0 amide bonds. The van der Waals surface area contributed by atoms with E-state index in [0.29, 0.717) is 5.82 Å². The monoisotopic (exact) mass is 203 g/mol. The largest absolute Gasteiger partial charge is 0.266 e. The second-order valence-corrected chi connectivity index (χ2v) is 3.13. The zero-order valence-electron chi connectivity index (χ0n) is 7.50. The molecule has 0 radical (unpaired) electrons. The van der Waals surface area contributed by atoms with Crippen molar-refractivity contribution in [2.45, 2.75) is 6.54 Å². The highest BCUT2D eigenvalue weighted by atomic mass is 32.1. The molecule has 1 aromatic carbocycles. The fourth-order valence-corrected chi connectivity index (χ4v) is 1.36. The molecule has 70 valence electrons. The maximum absolute atomic E-state index is 4.55. The molecule has 0 N–H and O–H groups in total. The van der Waals surface area contributed by atoms with Crippen molar-refractivity contribution in [3.05, 3.63) is 48.2 Å². The highest BCUT2D eigenvalue weighted by Gasteiger charge is 1.97. The van der Waals surface area contributed by atoms with Crippen molar-refractivity contribution in [1.82, 2.24) is 9.78 Å². The summed E-state index contributed by atoms with van der Waals surface area (Å²) in [7, 11) is 0. The lowest BCUT2D eigenvalue weighted by Gasteiger charge is -2.00. The molecular formula is C10H9N3S. The minimum Gasteiger partial charge on any atom is -0.266 e. The van der Waals surface area contributed by atoms with Crippen LogP contribution in [0.2, 0.25) is 0 Å². The minimum absolute atomic E-state index is 0.593. The first-order valence-corrected chi connectivity index (χ1v) is 4.66. The van der Waals surface area contributed by atoms with Gasteiger partial charge < -0.3 is 0 Å². The average Bonchev–Trinajstić information content (AvgIpc) is 2.67. The molecule has 3 nitrogen and oxygen atoms in total. The Balaban J connectivity index is 2.15. The normalized spacial score (nSPS) is 10.0. The van der Waals surface area contributed by atoms with Crippen LogP contribution in [0.3, 0.4) is 0 Å². The van der Waals surface area contributed by atoms with Crippen molar-refractivity contribution in [2.24, 2.45) is 4.36 Å². The molecule has 1 aromatic heterocycles. The zero-order chi connectivity index (χ0) is 9.80. The molecule has 2 rings (SSSR count). The Morgan fingerprint density at radius 2 is 2.00 bits per heavy atom. The van der Waals surface area contributed by atoms with E-state index in [2.05, 4.69) is 34.0 Å². The molecule has 0 spiro atoms. The lowest BCUT2D eigenvalue weighted by molar-refractivity contribution is 0.688. The zero-order valence-corrected chi connectivity index (χ0v) is 8.31. The predicted molar refractivity (Wildman–Crippen MR) is 57.2 cm³/mol. The molecule has 0 atom stereocenters. The summed E-state index contributed by atoms with van der Waals surface area (Å²) in [4.78, 5) is 0. The van der Waals surface area contributed by atoms with E-state index in [1.807, 2.05) is 29.1 Å². The molecule has 0 saturated heterocycles. The highest BCUT2D eigenvalue weighted by Crippen LogP contribution is 2.07. The molecular weight excluding hydrogens is 194 g/mol. The lowest BCUT2D eigenvalue weighted by Crippen LogP contribution is -1.99. The molecule has 4 heteroatoms. The first-order valence-electron chi connectivity index (χ1n) is 4.29. The van der Waals surface area contributed by atoms with E-state index in [1.165, 1.54) is 5.56 Å². The van der Waals surface area contributed by atoms with Crippen LogP contribution < -0.4 is 0 Å². The Morgan fingerprint density at radius 1 is 1.21 bits per heavy atom. The van der Waals surface area contributed by atoms with Gasteiger partial charge in [-0.15, -0.1) is 0 Å². The van der Waals surface area contributed by atoms with E-state index in [9.17, 15) is 0 Å². The van der Waals surface area contributed by atoms with Crippen LogP contribution >= 0.6 is 0 Å². The van der Waals surface area contributed by atoms with E-state index in [1.54, 1.807) is 6.07 Å². The molecule has 0 aliphatic carbocycles. The number of aromatic nitrogens is 2. The third kappa shape index (κ3) is 2.03. The van der Waals surface area contributed by atoms with Crippen LogP contribution in [0, 0.1) is 0 Å². The van der Waals surface area contributed by atoms with E-state index in [-0.39, 0.29) is 0 Å². The van der Waals surface area contributed by atoms with E-state index in [4.69, 9.17) is 0 Å². The Bertz CT molecular complexity index is 422. The molecule has 0 aliphatic rings. The maximum Gasteiger partial charge on any atom is 0.187 e. The first-order chi connectivity index (χ1) is 6.88. The molecule has 0 fully saturated rings.